The number of pyridine rings is 1. The van der Waals surface area contributed by atoms with Crippen LogP contribution in [0.25, 0.3) is 0 Å². The molecule has 0 aliphatic rings. The Kier molecular flexibility index (Phi) is 4.26. The predicted molar refractivity (Wildman–Crippen MR) is 77.5 cm³/mol. The molecule has 0 fully saturated rings. The van der Waals surface area contributed by atoms with Crippen LogP contribution < -0.4 is 5.32 Å². The van der Waals surface area contributed by atoms with Gasteiger partial charge in [0.05, 0.1) is 6.04 Å². The van der Waals surface area contributed by atoms with Gasteiger partial charge < -0.3 is 5.32 Å². The van der Waals surface area contributed by atoms with Crippen molar-refractivity contribution in [3.8, 4) is 6.07 Å². The number of nitrogens with zero attached hydrogens (tertiary/aromatic N) is 2. The predicted octanol–water partition coefficient (Wildman–Crippen LogP) is 4.43. The largest absolute Gasteiger partial charge is 0.363 e. The Morgan fingerprint density at radius 1 is 1.26 bits per heavy atom. The number of hydrogen-bond acceptors (Lipinski definition) is 3. The average Bonchev–Trinajstić information content (AvgIpc) is 2.38. The van der Waals surface area contributed by atoms with E-state index >= 15 is 0 Å². The second-order valence-corrected chi connectivity index (χ2v) is 4.90. The van der Waals surface area contributed by atoms with Crippen molar-refractivity contribution in [2.45, 2.75) is 13.0 Å². The van der Waals surface area contributed by atoms with E-state index in [1.807, 2.05) is 19.1 Å². The quantitative estimate of drug-likeness (QED) is 0.910. The number of nitriles is 1. The fourth-order valence-electron chi connectivity index (χ4n) is 1.73. The van der Waals surface area contributed by atoms with Crippen molar-refractivity contribution in [3.63, 3.8) is 0 Å². The van der Waals surface area contributed by atoms with Crippen LogP contribution in [0.15, 0.2) is 36.4 Å². The summed E-state index contributed by atoms with van der Waals surface area (Å²) in [6.07, 6.45) is 0. The molecule has 0 aliphatic carbocycles. The van der Waals surface area contributed by atoms with E-state index in [0.717, 1.165) is 5.56 Å². The van der Waals surface area contributed by atoms with E-state index in [-0.39, 0.29) is 6.04 Å². The Morgan fingerprint density at radius 2 is 2.05 bits per heavy atom. The number of hydrogen-bond donors (Lipinski definition) is 1. The summed E-state index contributed by atoms with van der Waals surface area (Å²) >= 11 is 12.0. The van der Waals surface area contributed by atoms with Gasteiger partial charge in [-0.05, 0) is 36.8 Å². The number of rotatable bonds is 3. The molecule has 3 nitrogen and oxygen atoms in total. The molecule has 1 aromatic heterocycles. The van der Waals surface area contributed by atoms with Gasteiger partial charge in [-0.1, -0.05) is 35.3 Å². The van der Waals surface area contributed by atoms with Crippen LogP contribution in [-0.2, 0) is 0 Å². The molecule has 2 rings (SSSR count). The number of benzene rings is 1. The number of aromatic nitrogens is 1. The minimum Gasteiger partial charge on any atom is -0.363 e. The number of nitrogens with one attached hydrogen (secondary N) is 1. The molecule has 0 aliphatic heterocycles. The van der Waals surface area contributed by atoms with Gasteiger partial charge in [0.15, 0.2) is 0 Å². The fraction of sp³-hybridized carbons (Fsp3) is 0.143. The van der Waals surface area contributed by atoms with Gasteiger partial charge in [0.2, 0.25) is 0 Å². The van der Waals surface area contributed by atoms with Crippen LogP contribution in [0.4, 0.5) is 5.82 Å². The van der Waals surface area contributed by atoms with Crippen molar-refractivity contribution in [2.75, 3.05) is 5.32 Å². The highest BCUT2D eigenvalue weighted by atomic mass is 35.5. The molecule has 0 amide bonds. The summed E-state index contributed by atoms with van der Waals surface area (Å²) in [5.74, 6) is 0.637. The molecular formula is C14H11Cl2N3. The molecule has 1 heterocycles. The van der Waals surface area contributed by atoms with Crippen molar-refractivity contribution in [2.24, 2.45) is 0 Å². The Morgan fingerprint density at radius 3 is 2.74 bits per heavy atom. The Labute approximate surface area is 121 Å². The molecule has 1 aromatic carbocycles. The Balaban J connectivity index is 2.20. The molecule has 0 saturated heterocycles. The molecule has 0 radical (unpaired) electrons. The summed E-state index contributed by atoms with van der Waals surface area (Å²) in [6, 6.07) is 12.6. The maximum absolute atomic E-state index is 8.81. The van der Waals surface area contributed by atoms with Gasteiger partial charge in [0.25, 0.3) is 0 Å². The van der Waals surface area contributed by atoms with Crippen molar-refractivity contribution >= 4 is 29.0 Å². The minimum atomic E-state index is -0.0359. The Bertz CT molecular complexity index is 635. The standard InChI is InChI=1S/C14H11Cl2N3/c1-9(12-6-5-10(15)7-13(12)16)18-14-4-2-3-11(8-17)19-14/h2-7,9H,1H3,(H,18,19)/t9-/m0/s1. The lowest BCUT2D eigenvalue weighted by Crippen LogP contribution is -2.08. The lowest BCUT2D eigenvalue weighted by Gasteiger charge is -2.16. The SMILES string of the molecule is C[C@H](Nc1cccc(C#N)n1)c1ccc(Cl)cc1Cl. The smallest absolute Gasteiger partial charge is 0.142 e. The van der Waals surface area contributed by atoms with Crippen LogP contribution >= 0.6 is 23.2 Å². The van der Waals surface area contributed by atoms with E-state index in [9.17, 15) is 0 Å². The summed E-state index contributed by atoms with van der Waals surface area (Å²) < 4.78 is 0. The average molecular weight is 292 g/mol. The first kappa shape index (κ1) is 13.7. The van der Waals surface area contributed by atoms with E-state index in [0.29, 0.717) is 21.6 Å². The molecule has 5 heteroatoms. The maximum atomic E-state index is 8.81. The monoisotopic (exact) mass is 291 g/mol. The van der Waals surface area contributed by atoms with Crippen molar-refractivity contribution in [1.82, 2.24) is 4.98 Å². The summed E-state index contributed by atoms with van der Waals surface area (Å²) in [5.41, 5.74) is 1.30. The first-order valence-electron chi connectivity index (χ1n) is 5.69. The molecule has 19 heavy (non-hydrogen) atoms. The van der Waals surface area contributed by atoms with Gasteiger partial charge in [-0.15, -0.1) is 0 Å². The van der Waals surface area contributed by atoms with E-state index in [4.69, 9.17) is 28.5 Å². The summed E-state index contributed by atoms with van der Waals surface area (Å²) in [7, 11) is 0. The van der Waals surface area contributed by atoms with Gasteiger partial charge in [-0.25, -0.2) is 4.98 Å². The van der Waals surface area contributed by atoms with Crippen LogP contribution in [0.2, 0.25) is 10.0 Å². The van der Waals surface area contributed by atoms with E-state index in [2.05, 4.69) is 10.3 Å². The van der Waals surface area contributed by atoms with Gasteiger partial charge in [-0.3, -0.25) is 0 Å². The van der Waals surface area contributed by atoms with E-state index in [1.165, 1.54) is 0 Å². The fourth-order valence-corrected chi connectivity index (χ4v) is 2.30. The zero-order valence-electron chi connectivity index (χ0n) is 10.2. The molecule has 1 N–H and O–H groups in total. The Hall–Kier alpha value is -1.76. The summed E-state index contributed by atoms with van der Waals surface area (Å²) in [6.45, 7) is 1.97. The van der Waals surface area contributed by atoms with Gasteiger partial charge in [0, 0.05) is 10.0 Å². The molecular weight excluding hydrogens is 281 g/mol. The zero-order chi connectivity index (χ0) is 13.8. The van der Waals surface area contributed by atoms with Crippen LogP contribution in [-0.4, -0.2) is 4.98 Å². The van der Waals surface area contributed by atoms with Crippen LogP contribution in [0.5, 0.6) is 0 Å². The highest BCUT2D eigenvalue weighted by Gasteiger charge is 2.10. The van der Waals surface area contributed by atoms with Crippen molar-refractivity contribution in [3.05, 3.63) is 57.7 Å². The third-order valence-corrected chi connectivity index (χ3v) is 3.22. The lowest BCUT2D eigenvalue weighted by atomic mass is 10.1. The molecule has 0 bridgehead atoms. The van der Waals surface area contributed by atoms with Crippen molar-refractivity contribution in [1.29, 1.82) is 5.26 Å². The molecule has 0 saturated carbocycles. The zero-order valence-corrected chi connectivity index (χ0v) is 11.7. The lowest BCUT2D eigenvalue weighted by molar-refractivity contribution is 0.874. The maximum Gasteiger partial charge on any atom is 0.142 e. The highest BCUT2D eigenvalue weighted by Crippen LogP contribution is 2.27. The normalized spacial score (nSPS) is 11.7. The minimum absolute atomic E-state index is 0.0359. The third kappa shape index (κ3) is 3.37. The molecule has 1 atom stereocenters. The van der Waals surface area contributed by atoms with Gasteiger partial charge >= 0.3 is 0 Å². The van der Waals surface area contributed by atoms with Crippen LogP contribution in [0, 0.1) is 11.3 Å². The van der Waals surface area contributed by atoms with E-state index in [1.54, 1.807) is 30.3 Å². The highest BCUT2D eigenvalue weighted by molar-refractivity contribution is 6.35. The molecule has 96 valence electrons. The molecule has 0 unspecified atom stereocenters. The second kappa shape index (κ2) is 5.92. The number of halogens is 2. The molecule has 2 aromatic rings. The van der Waals surface area contributed by atoms with Gasteiger partial charge in [-0.2, -0.15) is 5.26 Å². The summed E-state index contributed by atoms with van der Waals surface area (Å²) in [4.78, 5) is 4.16. The van der Waals surface area contributed by atoms with Crippen LogP contribution in [0.1, 0.15) is 24.2 Å². The third-order valence-electron chi connectivity index (χ3n) is 2.66. The van der Waals surface area contributed by atoms with Crippen LogP contribution in [0.3, 0.4) is 0 Å². The number of anilines is 1. The first-order chi connectivity index (χ1) is 9.10. The van der Waals surface area contributed by atoms with Gasteiger partial charge in [0.1, 0.15) is 17.6 Å². The summed E-state index contributed by atoms with van der Waals surface area (Å²) in [5, 5.41) is 13.2. The molecule has 0 spiro atoms. The first-order valence-corrected chi connectivity index (χ1v) is 6.44. The van der Waals surface area contributed by atoms with Crippen molar-refractivity contribution < 1.29 is 0 Å². The second-order valence-electron chi connectivity index (χ2n) is 4.05. The topological polar surface area (TPSA) is 48.7 Å². The van der Waals surface area contributed by atoms with E-state index < -0.39 is 0 Å².